The molecule has 3 amide bonds. The summed E-state index contributed by atoms with van der Waals surface area (Å²) in [5.74, 6) is -0.939. The number of amides is 3. The van der Waals surface area contributed by atoms with Gasteiger partial charge in [0, 0.05) is 32.7 Å². The fourth-order valence-electron chi connectivity index (χ4n) is 4.47. The number of rotatable bonds is 12. The zero-order valence-electron chi connectivity index (χ0n) is 26.5. The highest BCUT2D eigenvalue weighted by molar-refractivity contribution is 8.00. The Morgan fingerprint density at radius 1 is 0.918 bits per heavy atom. The van der Waals surface area contributed by atoms with Crippen LogP contribution < -0.4 is 25.4 Å². The SMILES string of the molecule is COc1ccc(-c2csc(NC(=O)C(C)Sc3ccc(NC(=O)/C(=C/c4c(F)cccc4Cl)NC(=O)c4ccccc4)cc3)n2)cc1OC. The quantitative estimate of drug-likeness (QED) is 0.0881. The number of nitrogens with one attached hydrogen (secondary N) is 3. The third-order valence-electron chi connectivity index (χ3n) is 7.03. The smallest absolute Gasteiger partial charge is 0.272 e. The number of nitrogens with zero attached hydrogens (tertiary/aromatic N) is 1. The zero-order chi connectivity index (χ0) is 34.9. The van der Waals surface area contributed by atoms with Crippen molar-refractivity contribution in [2.45, 2.75) is 17.1 Å². The normalized spacial score (nSPS) is 11.7. The Bertz CT molecular complexity index is 1980. The highest BCUT2D eigenvalue weighted by atomic mass is 35.5. The number of aromatic nitrogens is 1. The van der Waals surface area contributed by atoms with Crippen LogP contribution in [0.15, 0.2) is 107 Å². The van der Waals surface area contributed by atoms with Gasteiger partial charge in [0.1, 0.15) is 11.5 Å². The van der Waals surface area contributed by atoms with E-state index in [9.17, 15) is 18.8 Å². The zero-order valence-corrected chi connectivity index (χ0v) is 28.8. The van der Waals surface area contributed by atoms with Crippen LogP contribution in [-0.4, -0.2) is 42.2 Å². The summed E-state index contributed by atoms with van der Waals surface area (Å²) in [6, 6.07) is 24.7. The van der Waals surface area contributed by atoms with Crippen molar-refractivity contribution in [1.82, 2.24) is 10.3 Å². The molecule has 5 aromatic rings. The van der Waals surface area contributed by atoms with E-state index in [4.69, 9.17) is 21.1 Å². The van der Waals surface area contributed by atoms with Crippen molar-refractivity contribution >= 4 is 69.3 Å². The number of halogens is 2. The van der Waals surface area contributed by atoms with Crippen LogP contribution in [-0.2, 0) is 9.59 Å². The first-order chi connectivity index (χ1) is 23.6. The molecule has 1 atom stereocenters. The van der Waals surface area contributed by atoms with Gasteiger partial charge in [-0.1, -0.05) is 35.9 Å². The second kappa shape index (κ2) is 16.3. The fraction of sp³-hybridized carbons (Fsp3) is 0.111. The molecule has 5 rings (SSSR count). The van der Waals surface area contributed by atoms with Crippen LogP contribution in [0.5, 0.6) is 11.5 Å². The van der Waals surface area contributed by atoms with Gasteiger partial charge < -0.3 is 25.4 Å². The van der Waals surface area contributed by atoms with Crippen LogP contribution in [0.2, 0.25) is 5.02 Å². The molecule has 0 aliphatic carbocycles. The van der Waals surface area contributed by atoms with Gasteiger partial charge in [0.05, 0.1) is 30.2 Å². The van der Waals surface area contributed by atoms with Gasteiger partial charge in [-0.25, -0.2) is 9.37 Å². The third-order valence-corrected chi connectivity index (χ3v) is 9.22. The lowest BCUT2D eigenvalue weighted by Gasteiger charge is -2.13. The van der Waals surface area contributed by atoms with E-state index in [1.54, 1.807) is 81.8 Å². The van der Waals surface area contributed by atoms with Crippen molar-refractivity contribution in [3.63, 3.8) is 0 Å². The van der Waals surface area contributed by atoms with E-state index in [0.29, 0.717) is 33.6 Å². The lowest BCUT2D eigenvalue weighted by Crippen LogP contribution is -2.30. The summed E-state index contributed by atoms with van der Waals surface area (Å²) in [5, 5.41) is 10.1. The van der Waals surface area contributed by atoms with Gasteiger partial charge in [-0.05, 0) is 79.7 Å². The molecule has 0 aliphatic heterocycles. The van der Waals surface area contributed by atoms with Gasteiger partial charge in [0.25, 0.3) is 11.8 Å². The van der Waals surface area contributed by atoms with Crippen molar-refractivity contribution < 1.29 is 28.2 Å². The van der Waals surface area contributed by atoms with E-state index in [0.717, 1.165) is 10.5 Å². The first kappa shape index (κ1) is 35.1. The number of hydrogen-bond donors (Lipinski definition) is 3. The summed E-state index contributed by atoms with van der Waals surface area (Å²) in [5.41, 5.74) is 1.98. The van der Waals surface area contributed by atoms with E-state index in [2.05, 4.69) is 20.9 Å². The fourth-order valence-corrected chi connectivity index (χ4v) is 6.28. The summed E-state index contributed by atoms with van der Waals surface area (Å²) in [6.07, 6.45) is 1.19. The summed E-state index contributed by atoms with van der Waals surface area (Å²) in [6.45, 7) is 1.78. The number of ether oxygens (including phenoxy) is 2. The van der Waals surface area contributed by atoms with Crippen molar-refractivity contribution in [2.24, 2.45) is 0 Å². The molecule has 0 fully saturated rings. The number of thiazole rings is 1. The Kier molecular flexibility index (Phi) is 11.7. The molecule has 4 aromatic carbocycles. The second-order valence-electron chi connectivity index (χ2n) is 10.3. The van der Waals surface area contributed by atoms with Crippen LogP contribution in [0.25, 0.3) is 17.3 Å². The highest BCUT2D eigenvalue weighted by Crippen LogP contribution is 2.34. The van der Waals surface area contributed by atoms with Crippen LogP contribution in [0, 0.1) is 5.82 Å². The summed E-state index contributed by atoms with van der Waals surface area (Å²) >= 11 is 8.83. The maximum atomic E-state index is 14.6. The van der Waals surface area contributed by atoms with Gasteiger partial charge >= 0.3 is 0 Å². The molecule has 250 valence electrons. The Balaban J connectivity index is 1.22. The molecule has 1 unspecified atom stereocenters. The molecule has 0 saturated heterocycles. The van der Waals surface area contributed by atoms with Crippen LogP contribution in [0.3, 0.4) is 0 Å². The molecule has 1 heterocycles. The number of thioether (sulfide) groups is 1. The topological polar surface area (TPSA) is 119 Å². The van der Waals surface area contributed by atoms with E-state index in [1.165, 1.54) is 47.4 Å². The monoisotopic (exact) mass is 716 g/mol. The summed E-state index contributed by atoms with van der Waals surface area (Å²) in [7, 11) is 3.13. The molecule has 0 spiro atoms. The number of hydrogen-bond acceptors (Lipinski definition) is 8. The average Bonchev–Trinajstić information content (AvgIpc) is 3.58. The summed E-state index contributed by atoms with van der Waals surface area (Å²) in [4.78, 5) is 44.6. The number of anilines is 2. The van der Waals surface area contributed by atoms with Gasteiger partial charge in [0.2, 0.25) is 5.91 Å². The predicted molar refractivity (Wildman–Crippen MR) is 193 cm³/mol. The third kappa shape index (κ3) is 9.05. The Labute approximate surface area is 295 Å². The molecule has 0 aliphatic rings. The molecule has 3 N–H and O–H groups in total. The summed E-state index contributed by atoms with van der Waals surface area (Å²) < 4.78 is 25.3. The van der Waals surface area contributed by atoms with Crippen molar-refractivity contribution in [1.29, 1.82) is 0 Å². The molecule has 9 nitrogen and oxygen atoms in total. The van der Waals surface area contributed by atoms with Crippen molar-refractivity contribution in [3.05, 3.63) is 124 Å². The van der Waals surface area contributed by atoms with Gasteiger partial charge in [0.15, 0.2) is 16.6 Å². The number of methoxy groups -OCH3 is 2. The van der Waals surface area contributed by atoms with E-state index in [1.807, 2.05) is 17.5 Å². The number of carbonyl (C=O) groups excluding carboxylic acids is 3. The predicted octanol–water partition coefficient (Wildman–Crippen LogP) is 8.15. The largest absolute Gasteiger partial charge is 0.493 e. The van der Waals surface area contributed by atoms with Gasteiger partial charge in [-0.15, -0.1) is 23.1 Å². The molecule has 1 aromatic heterocycles. The van der Waals surface area contributed by atoms with E-state index < -0.39 is 22.9 Å². The lowest BCUT2D eigenvalue weighted by atomic mass is 10.1. The molecular weight excluding hydrogens is 687 g/mol. The molecule has 0 saturated carbocycles. The second-order valence-corrected chi connectivity index (χ2v) is 13.0. The molecule has 0 bridgehead atoms. The minimum Gasteiger partial charge on any atom is -0.493 e. The standard InChI is InChI=1S/C36H30ClFN4O5S2/c1-21(33(43)42-36-41-30(20-48-36)23-12-17-31(46-2)32(18-23)47-3)49-25-15-13-24(14-16-25)39-35(45)29(19-26-27(37)10-7-11-28(26)38)40-34(44)22-8-5-4-6-9-22/h4-21H,1-3H3,(H,39,45)(H,40,44)(H,41,42,43)/b29-19-. The Morgan fingerprint density at radius 3 is 2.35 bits per heavy atom. The van der Waals surface area contributed by atoms with E-state index >= 15 is 0 Å². The first-order valence-corrected chi connectivity index (χ1v) is 16.9. The van der Waals surface area contributed by atoms with Crippen molar-refractivity contribution in [3.8, 4) is 22.8 Å². The molecule has 0 radical (unpaired) electrons. The number of benzene rings is 4. The minimum atomic E-state index is -0.687. The average molecular weight is 717 g/mol. The highest BCUT2D eigenvalue weighted by Gasteiger charge is 2.19. The van der Waals surface area contributed by atoms with E-state index in [-0.39, 0.29) is 22.2 Å². The Hall–Kier alpha value is -5.17. The Morgan fingerprint density at radius 2 is 1.65 bits per heavy atom. The minimum absolute atomic E-state index is 0.0448. The van der Waals surface area contributed by atoms with Crippen LogP contribution in [0.1, 0.15) is 22.8 Å². The lowest BCUT2D eigenvalue weighted by molar-refractivity contribution is -0.115. The van der Waals surface area contributed by atoms with Crippen LogP contribution in [0.4, 0.5) is 15.2 Å². The number of carbonyl (C=O) groups is 3. The maximum absolute atomic E-state index is 14.6. The molecule has 13 heteroatoms. The first-order valence-electron chi connectivity index (χ1n) is 14.7. The van der Waals surface area contributed by atoms with Crippen molar-refractivity contribution in [2.75, 3.05) is 24.9 Å². The molecule has 49 heavy (non-hydrogen) atoms. The molecular formula is C36H30ClFN4O5S2. The maximum Gasteiger partial charge on any atom is 0.272 e. The van der Waals surface area contributed by atoms with Gasteiger partial charge in [-0.2, -0.15) is 0 Å². The van der Waals surface area contributed by atoms with Gasteiger partial charge in [-0.3, -0.25) is 14.4 Å². The van der Waals surface area contributed by atoms with Crippen LogP contribution >= 0.6 is 34.7 Å².